The Kier molecular flexibility index (Phi) is 7.77. The average Bonchev–Trinajstić information content (AvgIpc) is 2.04. The lowest BCUT2D eigenvalue weighted by molar-refractivity contribution is 0.545. The quantitative estimate of drug-likeness (QED) is 0.519. The number of allylic oxidation sites excluding steroid dienone is 4. The van der Waals surface area contributed by atoms with Gasteiger partial charge in [-0.25, -0.2) is 0 Å². The first-order valence-corrected chi connectivity index (χ1v) is 5.45. The highest BCUT2D eigenvalue weighted by Crippen LogP contribution is 2.12. The number of hydrogen-bond donors (Lipinski definition) is 0. The molecule has 0 radical (unpaired) electrons. The molecule has 0 fully saturated rings. The summed E-state index contributed by atoms with van der Waals surface area (Å²) in [6.07, 6.45) is 11.9. The molecule has 0 rings (SSSR count). The molecule has 13 heavy (non-hydrogen) atoms. The van der Waals surface area contributed by atoms with E-state index in [0.717, 1.165) is 5.92 Å². The van der Waals surface area contributed by atoms with Crippen LogP contribution in [0.2, 0.25) is 0 Å². The van der Waals surface area contributed by atoms with Crippen LogP contribution in [0.5, 0.6) is 0 Å². The van der Waals surface area contributed by atoms with E-state index in [-0.39, 0.29) is 0 Å². The van der Waals surface area contributed by atoms with Crippen molar-refractivity contribution in [2.75, 3.05) is 0 Å². The molecular weight excluding hydrogens is 156 g/mol. The zero-order chi connectivity index (χ0) is 10.1. The lowest BCUT2D eigenvalue weighted by atomic mass is 10.0. The van der Waals surface area contributed by atoms with Gasteiger partial charge in [-0.3, -0.25) is 0 Å². The van der Waals surface area contributed by atoms with E-state index in [1.54, 1.807) is 0 Å². The van der Waals surface area contributed by atoms with Crippen LogP contribution in [0.3, 0.4) is 0 Å². The van der Waals surface area contributed by atoms with Gasteiger partial charge >= 0.3 is 0 Å². The van der Waals surface area contributed by atoms with E-state index in [0.29, 0.717) is 0 Å². The van der Waals surface area contributed by atoms with E-state index in [9.17, 15) is 0 Å². The molecule has 76 valence electrons. The molecule has 0 saturated carbocycles. The molecule has 1 atom stereocenters. The van der Waals surface area contributed by atoms with Crippen LogP contribution in [0.1, 0.15) is 53.4 Å². The molecule has 0 bridgehead atoms. The molecule has 0 N–H and O–H groups in total. The van der Waals surface area contributed by atoms with Crippen LogP contribution in [0.4, 0.5) is 0 Å². The molecule has 0 heterocycles. The van der Waals surface area contributed by atoms with Gasteiger partial charge < -0.3 is 0 Å². The van der Waals surface area contributed by atoms with Gasteiger partial charge in [0.1, 0.15) is 0 Å². The number of hydrogen-bond acceptors (Lipinski definition) is 0. The third kappa shape index (κ3) is 9.39. The van der Waals surface area contributed by atoms with E-state index in [2.05, 4.69) is 45.9 Å². The standard InChI is InChI=1S/C13H24/c1-5-6-7-10-13(4)11-8-9-12(2)3/h6-7,9,13H,5,8,10-11H2,1-4H3/b7-6+/t13-/m1/s1. The largest absolute Gasteiger partial charge is 0.0888 e. The smallest absolute Gasteiger partial charge is 0.0325 e. The monoisotopic (exact) mass is 180 g/mol. The van der Waals surface area contributed by atoms with E-state index >= 15 is 0 Å². The Balaban J connectivity index is 3.46. The summed E-state index contributed by atoms with van der Waals surface area (Å²) >= 11 is 0. The minimum Gasteiger partial charge on any atom is -0.0888 e. The van der Waals surface area contributed by atoms with Gasteiger partial charge in [0.05, 0.1) is 0 Å². The van der Waals surface area contributed by atoms with Gasteiger partial charge in [-0.05, 0) is 45.4 Å². The Morgan fingerprint density at radius 1 is 1.23 bits per heavy atom. The van der Waals surface area contributed by atoms with Crippen LogP contribution in [-0.2, 0) is 0 Å². The van der Waals surface area contributed by atoms with Gasteiger partial charge in [-0.2, -0.15) is 0 Å². The first-order valence-electron chi connectivity index (χ1n) is 5.45. The SMILES string of the molecule is CC/C=C/C[C@@H](C)CCC=C(C)C. The highest BCUT2D eigenvalue weighted by atomic mass is 14.0. The summed E-state index contributed by atoms with van der Waals surface area (Å²) < 4.78 is 0. The first-order chi connectivity index (χ1) is 6.16. The van der Waals surface area contributed by atoms with Crippen LogP contribution in [0.15, 0.2) is 23.8 Å². The van der Waals surface area contributed by atoms with E-state index < -0.39 is 0 Å². The molecule has 0 heteroatoms. The van der Waals surface area contributed by atoms with E-state index in [1.807, 2.05) is 0 Å². The molecular formula is C13H24. The van der Waals surface area contributed by atoms with Crippen LogP contribution < -0.4 is 0 Å². The summed E-state index contributed by atoms with van der Waals surface area (Å²) in [6.45, 7) is 8.85. The summed E-state index contributed by atoms with van der Waals surface area (Å²) in [5, 5.41) is 0. The zero-order valence-electron chi connectivity index (χ0n) is 9.64. The van der Waals surface area contributed by atoms with Crippen molar-refractivity contribution in [2.45, 2.75) is 53.4 Å². The Morgan fingerprint density at radius 3 is 2.46 bits per heavy atom. The summed E-state index contributed by atoms with van der Waals surface area (Å²) in [5.74, 6) is 0.832. The maximum atomic E-state index is 2.33. The third-order valence-electron chi connectivity index (χ3n) is 2.15. The molecule has 0 aliphatic carbocycles. The summed E-state index contributed by atoms with van der Waals surface area (Å²) in [6, 6.07) is 0. The highest BCUT2D eigenvalue weighted by molar-refractivity contribution is 4.93. The Labute approximate surface area is 83.7 Å². The van der Waals surface area contributed by atoms with Crippen LogP contribution >= 0.6 is 0 Å². The van der Waals surface area contributed by atoms with Crippen LogP contribution in [0.25, 0.3) is 0 Å². The molecule has 0 aromatic carbocycles. The van der Waals surface area contributed by atoms with Gasteiger partial charge in [-0.15, -0.1) is 0 Å². The predicted molar refractivity (Wildman–Crippen MR) is 61.9 cm³/mol. The second-order valence-electron chi connectivity index (χ2n) is 4.08. The highest BCUT2D eigenvalue weighted by Gasteiger charge is 1.96. The normalized spacial score (nSPS) is 13.2. The first kappa shape index (κ1) is 12.5. The average molecular weight is 180 g/mol. The molecule has 0 nitrogen and oxygen atoms in total. The van der Waals surface area contributed by atoms with Crippen LogP contribution in [-0.4, -0.2) is 0 Å². The summed E-state index contributed by atoms with van der Waals surface area (Å²) in [7, 11) is 0. The molecule has 0 spiro atoms. The molecule has 0 aliphatic heterocycles. The van der Waals surface area contributed by atoms with Crippen molar-refractivity contribution >= 4 is 0 Å². The van der Waals surface area contributed by atoms with Crippen molar-refractivity contribution in [3.63, 3.8) is 0 Å². The molecule has 0 aliphatic rings. The fourth-order valence-corrected chi connectivity index (χ4v) is 1.27. The fraction of sp³-hybridized carbons (Fsp3) is 0.692. The predicted octanol–water partition coefficient (Wildman–Crippen LogP) is 4.73. The van der Waals surface area contributed by atoms with Gasteiger partial charge in [0.15, 0.2) is 0 Å². The van der Waals surface area contributed by atoms with Crippen molar-refractivity contribution in [1.82, 2.24) is 0 Å². The molecule has 0 saturated heterocycles. The Bertz CT molecular complexity index is 159. The van der Waals surface area contributed by atoms with Crippen molar-refractivity contribution < 1.29 is 0 Å². The fourth-order valence-electron chi connectivity index (χ4n) is 1.27. The second-order valence-corrected chi connectivity index (χ2v) is 4.08. The maximum absolute atomic E-state index is 2.33. The summed E-state index contributed by atoms with van der Waals surface area (Å²) in [5.41, 5.74) is 1.44. The molecule has 0 aromatic rings. The van der Waals surface area contributed by atoms with Crippen molar-refractivity contribution in [3.05, 3.63) is 23.8 Å². The lowest BCUT2D eigenvalue weighted by Crippen LogP contribution is -1.91. The maximum Gasteiger partial charge on any atom is -0.0325 e. The van der Waals surface area contributed by atoms with E-state index in [1.165, 1.54) is 31.3 Å². The second kappa shape index (κ2) is 8.10. The van der Waals surface area contributed by atoms with Gasteiger partial charge in [0.2, 0.25) is 0 Å². The van der Waals surface area contributed by atoms with Crippen molar-refractivity contribution in [1.29, 1.82) is 0 Å². The Morgan fingerprint density at radius 2 is 1.92 bits per heavy atom. The molecule has 0 aromatic heterocycles. The van der Waals surface area contributed by atoms with Gasteiger partial charge in [0.25, 0.3) is 0 Å². The minimum atomic E-state index is 0.832. The van der Waals surface area contributed by atoms with Gasteiger partial charge in [-0.1, -0.05) is 37.6 Å². The van der Waals surface area contributed by atoms with Gasteiger partial charge in [0, 0.05) is 0 Å². The van der Waals surface area contributed by atoms with E-state index in [4.69, 9.17) is 0 Å². The molecule has 0 unspecified atom stereocenters. The van der Waals surface area contributed by atoms with Crippen LogP contribution in [0, 0.1) is 5.92 Å². The lowest BCUT2D eigenvalue weighted by Gasteiger charge is -2.05. The van der Waals surface area contributed by atoms with Crippen molar-refractivity contribution in [3.8, 4) is 0 Å². The third-order valence-corrected chi connectivity index (χ3v) is 2.15. The molecule has 0 amide bonds. The topological polar surface area (TPSA) is 0 Å². The summed E-state index contributed by atoms with van der Waals surface area (Å²) in [4.78, 5) is 0. The minimum absolute atomic E-state index is 0.832. The zero-order valence-corrected chi connectivity index (χ0v) is 9.64. The van der Waals surface area contributed by atoms with Crippen molar-refractivity contribution in [2.24, 2.45) is 5.92 Å². The number of rotatable bonds is 6. The Hall–Kier alpha value is -0.520.